The number of hydrogen-bond donors (Lipinski definition) is 3. The van der Waals surface area contributed by atoms with E-state index in [0.29, 0.717) is 64.1 Å². The highest BCUT2D eigenvalue weighted by molar-refractivity contribution is 6.29. The van der Waals surface area contributed by atoms with Crippen LogP contribution < -0.4 is 15.5 Å². The minimum absolute atomic E-state index is 0.171. The number of likely N-dealkylation sites (tertiary alicyclic amines) is 1. The zero-order valence-electron chi connectivity index (χ0n) is 28.0. The Morgan fingerprint density at radius 2 is 1.80 bits per heavy atom. The molecule has 1 aliphatic rings. The molecule has 5 unspecified atom stereocenters. The lowest BCUT2D eigenvalue weighted by Gasteiger charge is -2.32. The number of hydrogen-bond acceptors (Lipinski definition) is 7. The summed E-state index contributed by atoms with van der Waals surface area (Å²) in [5, 5.41) is 14.3. The van der Waals surface area contributed by atoms with Gasteiger partial charge in [-0.3, -0.25) is 24.0 Å². The molecule has 0 bridgehead atoms. The third-order valence-electron chi connectivity index (χ3n) is 9.19. The van der Waals surface area contributed by atoms with E-state index in [1.165, 1.54) is 4.90 Å². The highest BCUT2D eigenvalue weighted by atomic mass is 16.6. The van der Waals surface area contributed by atoms with Crippen molar-refractivity contribution < 1.29 is 28.8 Å². The molecule has 46 heavy (non-hydrogen) atoms. The van der Waals surface area contributed by atoms with E-state index in [9.17, 15) is 24.0 Å². The summed E-state index contributed by atoms with van der Waals surface area (Å²) in [5.74, 6) is -1.88. The number of rotatable bonds is 19. The largest absolute Gasteiger partial charge is 0.417 e. The molecular weight excluding hydrogens is 586 g/mol. The van der Waals surface area contributed by atoms with Gasteiger partial charge in [-0.05, 0) is 49.7 Å². The van der Waals surface area contributed by atoms with E-state index in [-0.39, 0.29) is 23.5 Å². The van der Waals surface area contributed by atoms with Gasteiger partial charge in [-0.1, -0.05) is 65.2 Å². The molecule has 0 radical (unpaired) electrons. The van der Waals surface area contributed by atoms with Gasteiger partial charge in [0, 0.05) is 36.9 Å². The second-order valence-corrected chi connectivity index (χ2v) is 12.4. The summed E-state index contributed by atoms with van der Waals surface area (Å²) in [4.78, 5) is 72.0. The third-order valence-corrected chi connectivity index (χ3v) is 9.19. The molecule has 3 amide bonds. The Balaban J connectivity index is 1.67. The number of carbonyl (C=O) groups is 5. The lowest BCUT2D eigenvalue weighted by atomic mass is 9.95. The predicted octanol–water partition coefficient (Wildman–Crippen LogP) is 4.03. The highest BCUT2D eigenvalue weighted by Crippen LogP contribution is 2.25. The minimum atomic E-state index is -0.862. The number of carbonyl (C=O) groups excluding carboxylic acids is 5. The zero-order valence-corrected chi connectivity index (χ0v) is 28.0. The van der Waals surface area contributed by atoms with Gasteiger partial charge in [-0.2, -0.15) is 4.73 Å². The molecule has 1 aliphatic heterocycles. The van der Waals surface area contributed by atoms with Crippen LogP contribution in [0.25, 0.3) is 10.9 Å². The molecule has 1 fully saturated rings. The average molecular weight is 638 g/mol. The van der Waals surface area contributed by atoms with E-state index in [1.54, 1.807) is 11.8 Å². The second kappa shape index (κ2) is 17.6. The fourth-order valence-corrected chi connectivity index (χ4v) is 6.09. The molecule has 2 aromatic rings. The number of para-hydroxylation sites is 1. The Labute approximate surface area is 272 Å². The van der Waals surface area contributed by atoms with E-state index in [2.05, 4.69) is 10.6 Å². The smallest absolute Gasteiger partial charge is 0.246 e. The second-order valence-electron chi connectivity index (χ2n) is 12.4. The number of aromatic nitrogens is 1. The Morgan fingerprint density at radius 1 is 1.07 bits per heavy atom. The Kier molecular flexibility index (Phi) is 14.0. The minimum Gasteiger partial charge on any atom is -0.417 e. The molecule has 3 rings (SSSR count). The van der Waals surface area contributed by atoms with Crippen LogP contribution in [0, 0.1) is 17.2 Å². The first-order chi connectivity index (χ1) is 22.1. The van der Waals surface area contributed by atoms with E-state index in [0.717, 1.165) is 29.3 Å². The van der Waals surface area contributed by atoms with Crippen LogP contribution in [0.15, 0.2) is 30.5 Å². The molecule has 1 aromatic heterocycles. The van der Waals surface area contributed by atoms with Crippen molar-refractivity contribution >= 4 is 46.4 Å². The molecule has 2 heterocycles. The van der Waals surface area contributed by atoms with E-state index < -0.39 is 35.7 Å². The molecule has 5 atom stereocenters. The maximum atomic E-state index is 14.0. The van der Waals surface area contributed by atoms with Crippen molar-refractivity contribution in [1.82, 2.24) is 20.3 Å². The Hall–Kier alpha value is -4.02. The number of amides is 3. The maximum absolute atomic E-state index is 14.0. The van der Waals surface area contributed by atoms with Gasteiger partial charge >= 0.3 is 0 Å². The van der Waals surface area contributed by atoms with Crippen LogP contribution in [0.5, 0.6) is 0 Å². The molecule has 1 saturated heterocycles. The summed E-state index contributed by atoms with van der Waals surface area (Å²) in [6.45, 7) is 7.91. The molecule has 0 aliphatic carbocycles. The summed E-state index contributed by atoms with van der Waals surface area (Å²) in [7, 11) is 1.59. The number of Topliss-reactive ketones (excluding diaryl/α,β-unsaturated/α-hetero) is 2. The molecule has 11 nitrogen and oxygen atoms in total. The average Bonchev–Trinajstić information content (AvgIpc) is 3.70. The summed E-state index contributed by atoms with van der Waals surface area (Å²) in [6.07, 6.45) is 8.20. The topological polar surface area (TPSA) is 151 Å². The van der Waals surface area contributed by atoms with Gasteiger partial charge in [-0.15, -0.1) is 0 Å². The van der Waals surface area contributed by atoms with E-state index in [1.807, 2.05) is 58.2 Å². The third kappa shape index (κ3) is 9.26. The summed E-state index contributed by atoms with van der Waals surface area (Å²) in [6, 6.07) is 5.38. The van der Waals surface area contributed by atoms with Gasteiger partial charge in [0.1, 0.15) is 25.0 Å². The van der Waals surface area contributed by atoms with Crippen molar-refractivity contribution in [3.05, 3.63) is 36.0 Å². The van der Waals surface area contributed by atoms with Gasteiger partial charge in [0.2, 0.25) is 17.7 Å². The lowest BCUT2D eigenvalue weighted by Crippen LogP contribution is -2.57. The molecule has 252 valence electrons. The van der Waals surface area contributed by atoms with Gasteiger partial charge < -0.3 is 25.8 Å². The number of nitrogens with one attached hydrogen (secondary N) is 3. The number of ketones is 2. The van der Waals surface area contributed by atoms with Gasteiger partial charge in [-0.25, -0.2) is 0 Å². The van der Waals surface area contributed by atoms with Crippen LogP contribution in [0.1, 0.15) is 91.0 Å². The number of unbranched alkanes of at least 4 members (excludes halogenated alkanes) is 2. The molecular formula is C35H51N5O6. The van der Waals surface area contributed by atoms with Crippen molar-refractivity contribution in [2.75, 3.05) is 13.7 Å². The van der Waals surface area contributed by atoms with Crippen molar-refractivity contribution in [3.8, 4) is 0 Å². The Morgan fingerprint density at radius 3 is 2.48 bits per heavy atom. The van der Waals surface area contributed by atoms with Gasteiger partial charge in [0.05, 0.1) is 17.8 Å². The summed E-state index contributed by atoms with van der Waals surface area (Å²) in [5.41, 5.74) is 1.87. The van der Waals surface area contributed by atoms with E-state index >= 15 is 0 Å². The predicted molar refractivity (Wildman–Crippen MR) is 178 cm³/mol. The fraction of sp³-hybridized carbons (Fsp3) is 0.600. The number of nitrogens with zero attached hydrogens (tertiary/aromatic N) is 2. The van der Waals surface area contributed by atoms with Crippen molar-refractivity contribution in [2.24, 2.45) is 11.8 Å². The van der Waals surface area contributed by atoms with Crippen LogP contribution in [0.4, 0.5) is 0 Å². The molecule has 3 N–H and O–H groups in total. The monoisotopic (exact) mass is 637 g/mol. The van der Waals surface area contributed by atoms with Gasteiger partial charge in [0.25, 0.3) is 0 Å². The first-order valence-electron chi connectivity index (χ1n) is 16.7. The van der Waals surface area contributed by atoms with Crippen LogP contribution >= 0.6 is 0 Å². The molecule has 0 saturated carbocycles. The summed E-state index contributed by atoms with van der Waals surface area (Å²) >= 11 is 0. The molecule has 11 heteroatoms. The van der Waals surface area contributed by atoms with Crippen molar-refractivity contribution in [1.29, 1.82) is 5.41 Å². The molecule has 1 aromatic carbocycles. The normalized spacial score (nSPS) is 17.2. The first kappa shape index (κ1) is 36.4. The fourth-order valence-electron chi connectivity index (χ4n) is 6.09. The van der Waals surface area contributed by atoms with E-state index in [4.69, 9.17) is 10.2 Å². The van der Waals surface area contributed by atoms with Crippen LogP contribution in [-0.4, -0.2) is 76.9 Å². The zero-order chi connectivity index (χ0) is 33.8. The van der Waals surface area contributed by atoms with Crippen LogP contribution in [-0.2, 0) is 30.4 Å². The van der Waals surface area contributed by atoms with Crippen molar-refractivity contribution in [2.45, 2.75) is 110 Å². The quantitative estimate of drug-likeness (QED) is 0.156. The number of fused-ring (bicyclic) bond motifs is 1. The highest BCUT2D eigenvalue weighted by Gasteiger charge is 2.40. The summed E-state index contributed by atoms with van der Waals surface area (Å²) < 4.78 is 1.68. The maximum Gasteiger partial charge on any atom is 0.246 e. The first-order valence-corrected chi connectivity index (χ1v) is 16.7. The van der Waals surface area contributed by atoms with Crippen molar-refractivity contribution in [3.63, 3.8) is 0 Å². The van der Waals surface area contributed by atoms with Gasteiger partial charge in [0.15, 0.2) is 5.78 Å². The lowest BCUT2D eigenvalue weighted by molar-refractivity contribution is -0.143. The van der Waals surface area contributed by atoms with Crippen LogP contribution in [0.3, 0.4) is 0 Å². The SMILES string of the molecule is CCC(=O)CCCCCC(NC(=O)C1CCCN1C(=O)C(NC(=O)C(C)Cc1cn(OC)c2ccccc12)C(C)CC)C(=O)C=N. The number of benzene rings is 1. The molecule has 0 spiro atoms. The standard InChI is InChI=1S/C35H51N5O6/c1-6-23(3)32(38-33(43)24(4)20-25-22-40(46-5)29-17-12-11-15-27(25)29)35(45)39-19-13-18-30(39)34(44)37-28(31(42)21-36)16-10-8-9-14-26(41)7-2/h11-12,15,17,21-24,28,30,32,36H,6-10,13-14,16,18-20H2,1-5H3,(H,37,44)(H,38,43). The Bertz CT molecular complexity index is 1390. The van der Waals surface area contributed by atoms with Crippen LogP contribution in [0.2, 0.25) is 0 Å².